The van der Waals surface area contributed by atoms with Crippen molar-refractivity contribution in [2.75, 3.05) is 5.32 Å². The molecule has 0 fully saturated rings. The number of para-hydroxylation sites is 1. The van der Waals surface area contributed by atoms with Crippen molar-refractivity contribution in [2.45, 2.75) is 0 Å². The van der Waals surface area contributed by atoms with Crippen molar-refractivity contribution < 1.29 is 9.21 Å². The van der Waals surface area contributed by atoms with E-state index < -0.39 is 6.03 Å². The summed E-state index contributed by atoms with van der Waals surface area (Å²) in [4.78, 5) is 11.7. The van der Waals surface area contributed by atoms with Crippen LogP contribution in [-0.4, -0.2) is 12.2 Å². The molecule has 0 aliphatic carbocycles. The van der Waals surface area contributed by atoms with Crippen molar-refractivity contribution in [2.24, 2.45) is 5.10 Å². The van der Waals surface area contributed by atoms with Gasteiger partial charge >= 0.3 is 6.03 Å². The molecule has 0 saturated carbocycles. The Hall–Kier alpha value is -2.86. The van der Waals surface area contributed by atoms with Crippen molar-refractivity contribution in [3.8, 4) is 11.3 Å². The molecule has 2 N–H and O–H groups in total. The Kier molecular flexibility index (Phi) is 5.08. The molecule has 1 heterocycles. The summed E-state index contributed by atoms with van der Waals surface area (Å²) in [5.74, 6) is 1.28. The van der Waals surface area contributed by atoms with Gasteiger partial charge in [-0.25, -0.2) is 10.2 Å². The van der Waals surface area contributed by atoms with Crippen molar-refractivity contribution in [3.63, 3.8) is 0 Å². The first-order valence-electron chi connectivity index (χ1n) is 7.21. The molecule has 2 aromatic carbocycles. The van der Waals surface area contributed by atoms with E-state index in [9.17, 15) is 4.79 Å². The fourth-order valence-corrected chi connectivity index (χ4v) is 2.29. The largest absolute Gasteiger partial charge is 0.455 e. The van der Waals surface area contributed by atoms with E-state index in [0.717, 1.165) is 15.8 Å². The highest BCUT2D eigenvalue weighted by Gasteiger charge is 2.03. The normalized spacial score (nSPS) is 10.7. The summed E-state index contributed by atoms with van der Waals surface area (Å²) in [5, 5.41) is 6.54. The third-order valence-corrected chi connectivity index (χ3v) is 3.67. The fraction of sp³-hybridized carbons (Fsp3) is 0. The Morgan fingerprint density at radius 3 is 2.50 bits per heavy atom. The van der Waals surface area contributed by atoms with Gasteiger partial charge in [0, 0.05) is 15.7 Å². The van der Waals surface area contributed by atoms with E-state index in [0.29, 0.717) is 11.4 Å². The van der Waals surface area contributed by atoms with Crippen LogP contribution in [0.2, 0.25) is 0 Å². The number of anilines is 1. The van der Waals surface area contributed by atoms with Gasteiger partial charge in [0.05, 0.1) is 6.21 Å². The highest BCUT2D eigenvalue weighted by Crippen LogP contribution is 2.23. The van der Waals surface area contributed by atoms with Gasteiger partial charge in [-0.05, 0) is 36.4 Å². The van der Waals surface area contributed by atoms with Crippen LogP contribution in [0, 0.1) is 0 Å². The summed E-state index contributed by atoms with van der Waals surface area (Å²) in [7, 11) is 0. The maximum atomic E-state index is 11.7. The number of hydrazone groups is 1. The number of nitrogens with zero attached hydrogens (tertiary/aromatic N) is 1. The number of nitrogens with one attached hydrogen (secondary N) is 2. The third kappa shape index (κ3) is 4.33. The molecule has 0 aliphatic heterocycles. The zero-order valence-electron chi connectivity index (χ0n) is 12.6. The topological polar surface area (TPSA) is 66.6 Å². The lowest BCUT2D eigenvalue weighted by atomic mass is 10.2. The standard InChI is InChI=1S/C18H14BrN3O2/c19-14-8-6-13(7-9-14)17-11-10-16(24-17)12-20-22-18(23)21-15-4-2-1-3-5-15/h1-12H,(H2,21,22,23)/b20-12-. The van der Waals surface area contributed by atoms with Crippen LogP contribution in [0.3, 0.4) is 0 Å². The van der Waals surface area contributed by atoms with Gasteiger partial charge in [0.25, 0.3) is 0 Å². The monoisotopic (exact) mass is 383 g/mol. The molecule has 0 spiro atoms. The Morgan fingerprint density at radius 2 is 1.75 bits per heavy atom. The number of amides is 2. The van der Waals surface area contributed by atoms with Gasteiger partial charge in [-0.3, -0.25) is 0 Å². The lowest BCUT2D eigenvalue weighted by Crippen LogP contribution is -2.24. The molecule has 120 valence electrons. The minimum Gasteiger partial charge on any atom is -0.455 e. The van der Waals surface area contributed by atoms with Crippen LogP contribution >= 0.6 is 15.9 Å². The minimum absolute atomic E-state index is 0.419. The molecule has 24 heavy (non-hydrogen) atoms. The summed E-state index contributed by atoms with van der Waals surface area (Å²) in [6, 6.07) is 20.2. The average molecular weight is 384 g/mol. The zero-order valence-corrected chi connectivity index (χ0v) is 14.2. The number of benzene rings is 2. The van der Waals surface area contributed by atoms with Crippen LogP contribution in [0.5, 0.6) is 0 Å². The van der Waals surface area contributed by atoms with Crippen molar-refractivity contribution in [3.05, 3.63) is 77.0 Å². The second-order valence-corrected chi connectivity index (χ2v) is 5.81. The van der Waals surface area contributed by atoms with E-state index in [1.807, 2.05) is 48.5 Å². The first-order valence-corrected chi connectivity index (χ1v) is 8.01. The van der Waals surface area contributed by atoms with Crippen LogP contribution in [0.15, 0.2) is 80.7 Å². The Bertz CT molecular complexity index is 842. The average Bonchev–Trinajstić information content (AvgIpc) is 3.05. The van der Waals surface area contributed by atoms with E-state index >= 15 is 0 Å². The van der Waals surface area contributed by atoms with Crippen LogP contribution in [-0.2, 0) is 0 Å². The molecule has 3 rings (SSSR count). The molecular weight excluding hydrogens is 370 g/mol. The Morgan fingerprint density at radius 1 is 1.00 bits per heavy atom. The van der Waals surface area contributed by atoms with Gasteiger partial charge in [0.2, 0.25) is 0 Å². The lowest BCUT2D eigenvalue weighted by Gasteiger charge is -2.02. The molecule has 6 heteroatoms. The first-order chi connectivity index (χ1) is 11.7. The number of hydrogen-bond donors (Lipinski definition) is 2. The van der Waals surface area contributed by atoms with E-state index in [2.05, 4.69) is 31.8 Å². The van der Waals surface area contributed by atoms with Crippen LogP contribution < -0.4 is 10.7 Å². The maximum Gasteiger partial charge on any atom is 0.339 e. The number of furan rings is 1. The molecule has 0 saturated heterocycles. The Labute approximate surface area is 147 Å². The molecule has 5 nitrogen and oxygen atoms in total. The number of rotatable bonds is 4. The molecule has 1 aromatic heterocycles. The van der Waals surface area contributed by atoms with Gasteiger partial charge in [-0.2, -0.15) is 5.10 Å². The number of halogens is 1. The lowest BCUT2D eigenvalue weighted by molar-refractivity contribution is 0.252. The summed E-state index contributed by atoms with van der Waals surface area (Å²) < 4.78 is 6.68. The first kappa shape index (κ1) is 16.0. The van der Waals surface area contributed by atoms with Crippen LogP contribution in [0.25, 0.3) is 11.3 Å². The summed E-state index contributed by atoms with van der Waals surface area (Å²) in [5.41, 5.74) is 4.05. The molecule has 0 aliphatic rings. The van der Waals surface area contributed by atoms with Crippen molar-refractivity contribution in [1.29, 1.82) is 0 Å². The highest BCUT2D eigenvalue weighted by atomic mass is 79.9. The second kappa shape index (κ2) is 7.61. The molecular formula is C18H14BrN3O2. The summed E-state index contributed by atoms with van der Waals surface area (Å²) >= 11 is 3.40. The zero-order chi connectivity index (χ0) is 16.8. The quantitative estimate of drug-likeness (QED) is 0.498. The van der Waals surface area contributed by atoms with Crippen LogP contribution in [0.1, 0.15) is 5.76 Å². The van der Waals surface area contributed by atoms with Gasteiger partial charge in [0.1, 0.15) is 11.5 Å². The van der Waals surface area contributed by atoms with Gasteiger partial charge < -0.3 is 9.73 Å². The number of carbonyl (C=O) groups excluding carboxylic acids is 1. The molecule has 0 unspecified atom stereocenters. The molecule has 0 atom stereocenters. The smallest absolute Gasteiger partial charge is 0.339 e. The summed E-state index contributed by atoms with van der Waals surface area (Å²) in [6.45, 7) is 0. The fourth-order valence-electron chi connectivity index (χ4n) is 2.03. The third-order valence-electron chi connectivity index (χ3n) is 3.15. The molecule has 2 amide bonds. The second-order valence-electron chi connectivity index (χ2n) is 4.90. The van der Waals surface area contributed by atoms with Crippen LogP contribution in [0.4, 0.5) is 10.5 Å². The predicted molar refractivity (Wildman–Crippen MR) is 98.0 cm³/mol. The molecule has 3 aromatic rings. The van der Waals surface area contributed by atoms with E-state index in [1.54, 1.807) is 18.2 Å². The Balaban J connectivity index is 1.57. The predicted octanol–water partition coefficient (Wildman–Crippen LogP) is 4.86. The van der Waals surface area contributed by atoms with Crippen molar-refractivity contribution in [1.82, 2.24) is 5.43 Å². The molecule has 0 radical (unpaired) electrons. The van der Waals surface area contributed by atoms with E-state index in [1.165, 1.54) is 6.21 Å². The minimum atomic E-state index is -0.419. The highest BCUT2D eigenvalue weighted by molar-refractivity contribution is 9.10. The number of carbonyl (C=O) groups is 1. The SMILES string of the molecule is O=C(N/N=C\c1ccc(-c2ccc(Br)cc2)o1)Nc1ccccc1. The number of urea groups is 1. The van der Waals surface area contributed by atoms with Gasteiger partial charge in [0.15, 0.2) is 0 Å². The maximum absolute atomic E-state index is 11.7. The van der Waals surface area contributed by atoms with Crippen molar-refractivity contribution >= 4 is 33.9 Å². The molecule has 0 bridgehead atoms. The summed E-state index contributed by atoms with van der Waals surface area (Å²) in [6.07, 6.45) is 1.45. The van der Waals surface area contributed by atoms with E-state index in [4.69, 9.17) is 4.42 Å². The number of hydrogen-bond acceptors (Lipinski definition) is 3. The van der Waals surface area contributed by atoms with Gasteiger partial charge in [-0.15, -0.1) is 0 Å². The van der Waals surface area contributed by atoms with E-state index in [-0.39, 0.29) is 0 Å². The van der Waals surface area contributed by atoms with Gasteiger partial charge in [-0.1, -0.05) is 46.3 Å².